The number of carboxylic acids is 1. The predicted octanol–water partition coefficient (Wildman–Crippen LogP) is 2.18. The third-order valence-electron chi connectivity index (χ3n) is 2.86. The number of amides is 1. The number of benzene rings is 1. The predicted molar refractivity (Wildman–Crippen MR) is 71.9 cm³/mol. The van der Waals surface area contributed by atoms with E-state index in [1.165, 1.54) is 25.2 Å². The molecule has 1 amide bonds. The lowest BCUT2D eigenvalue weighted by atomic mass is 10.1. The van der Waals surface area contributed by atoms with Crippen molar-refractivity contribution in [3.05, 3.63) is 38.9 Å². The number of nitrogens with zero attached hydrogens (tertiary/aromatic N) is 2. The van der Waals surface area contributed by atoms with E-state index >= 15 is 0 Å². The molecule has 0 aromatic heterocycles. The first-order valence-corrected chi connectivity index (χ1v) is 6.11. The van der Waals surface area contributed by atoms with Gasteiger partial charge in [0.05, 0.1) is 4.92 Å². The lowest BCUT2D eigenvalue weighted by Gasteiger charge is -2.23. The number of aliphatic carboxylic acids is 1. The largest absolute Gasteiger partial charge is 0.480 e. The summed E-state index contributed by atoms with van der Waals surface area (Å²) in [5, 5.41) is 19.8. The van der Waals surface area contributed by atoms with Crippen LogP contribution in [0.2, 0.25) is 5.02 Å². The highest BCUT2D eigenvalue weighted by Crippen LogP contribution is 2.29. The van der Waals surface area contributed by atoms with Crippen LogP contribution >= 0.6 is 11.6 Å². The van der Waals surface area contributed by atoms with Crippen LogP contribution in [-0.2, 0) is 4.79 Å². The molecule has 1 aromatic carbocycles. The van der Waals surface area contributed by atoms with Crippen LogP contribution in [-0.4, -0.2) is 39.9 Å². The van der Waals surface area contributed by atoms with Gasteiger partial charge in [-0.25, -0.2) is 4.79 Å². The van der Waals surface area contributed by atoms with Crippen LogP contribution in [0.3, 0.4) is 0 Å². The number of carbonyl (C=O) groups excluding carboxylic acids is 1. The monoisotopic (exact) mass is 300 g/mol. The Kier molecular flexibility index (Phi) is 5.04. The molecule has 0 saturated carbocycles. The number of carbonyl (C=O) groups is 2. The molecule has 0 saturated heterocycles. The normalized spacial score (nSPS) is 11.8. The minimum absolute atomic E-state index is 0.169. The zero-order valence-corrected chi connectivity index (χ0v) is 11.6. The number of hydrogen-bond acceptors (Lipinski definition) is 4. The number of rotatable bonds is 5. The number of likely N-dealkylation sites (N-methyl/N-ethyl adjacent to an activating group) is 1. The van der Waals surface area contributed by atoms with Crippen molar-refractivity contribution in [3.8, 4) is 0 Å². The van der Waals surface area contributed by atoms with Gasteiger partial charge >= 0.3 is 11.7 Å². The van der Waals surface area contributed by atoms with Crippen molar-refractivity contribution in [2.24, 2.45) is 0 Å². The van der Waals surface area contributed by atoms with E-state index in [0.717, 1.165) is 4.90 Å². The Morgan fingerprint density at radius 2 is 2.10 bits per heavy atom. The van der Waals surface area contributed by atoms with Crippen molar-refractivity contribution in [2.75, 3.05) is 7.05 Å². The molecular weight excluding hydrogens is 288 g/mol. The number of halogens is 1. The Morgan fingerprint density at radius 1 is 1.50 bits per heavy atom. The Balaban J connectivity index is 3.25. The molecule has 20 heavy (non-hydrogen) atoms. The first-order chi connectivity index (χ1) is 9.31. The SMILES string of the molecule is CCC(C(=O)O)N(C)C(=O)c1cccc(Cl)c1[N+](=O)[O-]. The second-order valence-electron chi connectivity index (χ2n) is 4.07. The maximum absolute atomic E-state index is 12.2. The summed E-state index contributed by atoms with van der Waals surface area (Å²) in [5.41, 5.74) is -0.754. The zero-order valence-electron chi connectivity index (χ0n) is 10.9. The van der Waals surface area contributed by atoms with Gasteiger partial charge in [0.25, 0.3) is 5.91 Å². The fourth-order valence-corrected chi connectivity index (χ4v) is 2.06. The standard InChI is InChI=1S/C12H13ClN2O5/c1-3-9(12(17)18)14(2)11(16)7-5-4-6-8(13)10(7)15(19)20/h4-6,9H,3H2,1-2H3,(H,17,18). The fraction of sp³-hybridized carbons (Fsp3) is 0.333. The fourth-order valence-electron chi connectivity index (χ4n) is 1.82. The highest BCUT2D eigenvalue weighted by Gasteiger charge is 2.31. The van der Waals surface area contributed by atoms with Crippen molar-refractivity contribution in [1.29, 1.82) is 0 Å². The van der Waals surface area contributed by atoms with Crippen LogP contribution < -0.4 is 0 Å². The van der Waals surface area contributed by atoms with Crippen LogP contribution in [0.4, 0.5) is 5.69 Å². The van der Waals surface area contributed by atoms with E-state index in [0.29, 0.717) is 0 Å². The van der Waals surface area contributed by atoms with Crippen LogP contribution in [0.15, 0.2) is 18.2 Å². The third-order valence-corrected chi connectivity index (χ3v) is 3.16. The molecule has 0 aliphatic heterocycles. The lowest BCUT2D eigenvalue weighted by molar-refractivity contribution is -0.385. The summed E-state index contributed by atoms with van der Waals surface area (Å²) in [6, 6.07) is 2.89. The van der Waals surface area contributed by atoms with Gasteiger partial charge in [-0.05, 0) is 18.6 Å². The van der Waals surface area contributed by atoms with E-state index in [9.17, 15) is 19.7 Å². The molecule has 1 unspecified atom stereocenters. The minimum atomic E-state index is -1.17. The highest BCUT2D eigenvalue weighted by molar-refractivity contribution is 6.33. The number of hydrogen-bond donors (Lipinski definition) is 1. The first-order valence-electron chi connectivity index (χ1n) is 5.74. The summed E-state index contributed by atoms with van der Waals surface area (Å²) >= 11 is 5.72. The van der Waals surface area contributed by atoms with Gasteiger partial charge in [0.15, 0.2) is 0 Å². The molecule has 0 spiro atoms. The lowest BCUT2D eigenvalue weighted by Crippen LogP contribution is -2.42. The quantitative estimate of drug-likeness (QED) is 0.663. The van der Waals surface area contributed by atoms with E-state index in [4.69, 9.17) is 16.7 Å². The summed E-state index contributed by atoms with van der Waals surface area (Å²) in [5.74, 6) is -1.93. The van der Waals surface area contributed by atoms with Gasteiger partial charge in [0.1, 0.15) is 16.6 Å². The molecule has 1 rings (SSSR count). The summed E-state index contributed by atoms with van der Waals surface area (Å²) in [7, 11) is 1.29. The number of para-hydroxylation sites is 1. The first kappa shape index (κ1) is 15.9. The summed E-state index contributed by atoms with van der Waals surface area (Å²) in [6.45, 7) is 1.61. The molecule has 7 nitrogen and oxygen atoms in total. The molecule has 1 atom stereocenters. The van der Waals surface area contributed by atoms with Gasteiger partial charge in [-0.3, -0.25) is 14.9 Å². The maximum atomic E-state index is 12.2. The molecule has 0 bridgehead atoms. The van der Waals surface area contributed by atoms with Crippen molar-refractivity contribution in [3.63, 3.8) is 0 Å². The van der Waals surface area contributed by atoms with Gasteiger partial charge in [-0.2, -0.15) is 0 Å². The molecule has 8 heteroatoms. The minimum Gasteiger partial charge on any atom is -0.480 e. The Bertz CT molecular complexity index is 561. The zero-order chi connectivity index (χ0) is 15.4. The van der Waals surface area contributed by atoms with E-state index in [2.05, 4.69) is 0 Å². The molecule has 1 aromatic rings. The molecule has 0 aliphatic rings. The smallest absolute Gasteiger partial charge is 0.326 e. The molecule has 0 heterocycles. The topological polar surface area (TPSA) is 101 Å². The summed E-state index contributed by atoms with van der Waals surface area (Å²) in [6.07, 6.45) is 0.186. The molecule has 0 aliphatic carbocycles. The van der Waals surface area contributed by atoms with Gasteiger partial charge < -0.3 is 10.0 Å². The van der Waals surface area contributed by atoms with Gasteiger partial charge in [0, 0.05) is 7.05 Å². The molecule has 108 valence electrons. The molecule has 1 N–H and O–H groups in total. The van der Waals surface area contributed by atoms with Crippen LogP contribution in [0.1, 0.15) is 23.7 Å². The van der Waals surface area contributed by atoms with Crippen molar-refractivity contribution in [1.82, 2.24) is 4.90 Å². The van der Waals surface area contributed by atoms with Crippen molar-refractivity contribution >= 4 is 29.2 Å². The molecule has 0 fully saturated rings. The van der Waals surface area contributed by atoms with Crippen LogP contribution in [0, 0.1) is 10.1 Å². The average molecular weight is 301 g/mol. The Hall–Kier alpha value is -2.15. The Morgan fingerprint density at radius 3 is 2.55 bits per heavy atom. The Labute approximate surface area is 119 Å². The van der Waals surface area contributed by atoms with Crippen molar-refractivity contribution in [2.45, 2.75) is 19.4 Å². The number of nitro groups is 1. The summed E-state index contributed by atoms with van der Waals surface area (Å²) in [4.78, 5) is 34.4. The van der Waals surface area contributed by atoms with Crippen LogP contribution in [0.25, 0.3) is 0 Å². The second kappa shape index (κ2) is 6.33. The van der Waals surface area contributed by atoms with Crippen LogP contribution in [0.5, 0.6) is 0 Å². The summed E-state index contributed by atoms with van der Waals surface area (Å²) < 4.78 is 0. The van der Waals surface area contributed by atoms with Gasteiger partial charge in [0.2, 0.25) is 0 Å². The number of carboxylic acid groups (broad SMARTS) is 1. The average Bonchev–Trinajstić information content (AvgIpc) is 2.37. The highest BCUT2D eigenvalue weighted by atomic mass is 35.5. The number of nitro benzene ring substituents is 1. The van der Waals surface area contributed by atoms with Gasteiger partial charge in [-0.1, -0.05) is 24.6 Å². The second-order valence-corrected chi connectivity index (χ2v) is 4.48. The third kappa shape index (κ3) is 3.05. The van der Waals surface area contributed by atoms with E-state index in [-0.39, 0.29) is 17.0 Å². The van der Waals surface area contributed by atoms with E-state index in [1.807, 2.05) is 0 Å². The molecular formula is C12H13ClN2O5. The molecule has 0 radical (unpaired) electrons. The van der Waals surface area contributed by atoms with E-state index in [1.54, 1.807) is 6.92 Å². The maximum Gasteiger partial charge on any atom is 0.326 e. The van der Waals surface area contributed by atoms with E-state index < -0.39 is 28.5 Å². The van der Waals surface area contributed by atoms with Crippen molar-refractivity contribution < 1.29 is 19.6 Å². The van der Waals surface area contributed by atoms with Gasteiger partial charge in [-0.15, -0.1) is 0 Å².